The molecular formula is C18H19N3. The molecule has 2 unspecified atom stereocenters. The van der Waals surface area contributed by atoms with Gasteiger partial charge in [-0.1, -0.05) is 60.7 Å². The zero-order valence-corrected chi connectivity index (χ0v) is 11.8. The molecule has 2 atom stereocenters. The number of rotatable bonds is 3. The number of dihydropyridines is 1. The van der Waals surface area contributed by atoms with Crippen molar-refractivity contribution < 1.29 is 0 Å². The van der Waals surface area contributed by atoms with Gasteiger partial charge in [-0.05, 0) is 29.2 Å². The second kappa shape index (κ2) is 5.64. The number of nitrogens with two attached hydrogens (primary N) is 2. The highest BCUT2D eigenvalue weighted by molar-refractivity contribution is 5.73. The molecule has 1 aliphatic heterocycles. The molecule has 0 saturated carbocycles. The molecule has 1 heterocycles. The van der Waals surface area contributed by atoms with Crippen LogP contribution in [0.5, 0.6) is 0 Å². The molecule has 0 spiro atoms. The summed E-state index contributed by atoms with van der Waals surface area (Å²) in [7, 11) is 0. The molecule has 0 bridgehead atoms. The molecule has 0 fully saturated rings. The summed E-state index contributed by atoms with van der Waals surface area (Å²) in [5, 5.41) is 0. The van der Waals surface area contributed by atoms with Crippen molar-refractivity contribution in [3.05, 3.63) is 72.3 Å². The third-order valence-corrected chi connectivity index (χ3v) is 3.83. The van der Waals surface area contributed by atoms with Gasteiger partial charge in [-0.2, -0.15) is 0 Å². The SMILES string of the molecule is NC1N=CC=CC1(N)Cc1cccc(-c2ccccc2)c1. The van der Waals surface area contributed by atoms with E-state index in [9.17, 15) is 0 Å². The maximum atomic E-state index is 6.40. The smallest absolute Gasteiger partial charge is 0.119 e. The fraction of sp³-hybridized carbons (Fsp3) is 0.167. The first kappa shape index (κ1) is 13.7. The van der Waals surface area contributed by atoms with Crippen LogP contribution in [-0.2, 0) is 6.42 Å². The van der Waals surface area contributed by atoms with Crippen molar-refractivity contribution in [3.8, 4) is 11.1 Å². The summed E-state index contributed by atoms with van der Waals surface area (Å²) >= 11 is 0. The van der Waals surface area contributed by atoms with Gasteiger partial charge in [0.15, 0.2) is 0 Å². The summed E-state index contributed by atoms with van der Waals surface area (Å²) in [6.45, 7) is 0. The largest absolute Gasteiger partial charge is 0.319 e. The van der Waals surface area contributed by atoms with Crippen LogP contribution in [0.2, 0.25) is 0 Å². The van der Waals surface area contributed by atoms with Gasteiger partial charge in [-0.15, -0.1) is 0 Å². The van der Waals surface area contributed by atoms with Crippen LogP contribution in [0.1, 0.15) is 5.56 Å². The fourth-order valence-electron chi connectivity index (χ4n) is 2.61. The second-order valence-corrected chi connectivity index (χ2v) is 5.46. The molecular weight excluding hydrogens is 258 g/mol. The van der Waals surface area contributed by atoms with E-state index in [1.165, 1.54) is 11.1 Å². The molecule has 0 radical (unpaired) electrons. The quantitative estimate of drug-likeness (QED) is 0.905. The van der Waals surface area contributed by atoms with Crippen molar-refractivity contribution in [2.75, 3.05) is 0 Å². The molecule has 21 heavy (non-hydrogen) atoms. The minimum Gasteiger partial charge on any atom is -0.319 e. The Kier molecular flexibility index (Phi) is 3.69. The van der Waals surface area contributed by atoms with Crippen LogP contribution < -0.4 is 11.5 Å². The first-order chi connectivity index (χ1) is 10.2. The van der Waals surface area contributed by atoms with E-state index < -0.39 is 11.7 Å². The van der Waals surface area contributed by atoms with Gasteiger partial charge in [0.1, 0.15) is 6.17 Å². The van der Waals surface area contributed by atoms with E-state index in [1.54, 1.807) is 6.21 Å². The van der Waals surface area contributed by atoms with Gasteiger partial charge < -0.3 is 11.5 Å². The number of benzene rings is 2. The summed E-state index contributed by atoms with van der Waals surface area (Å²) in [6, 6.07) is 18.7. The molecule has 0 aliphatic carbocycles. The van der Waals surface area contributed by atoms with Crippen molar-refractivity contribution in [3.63, 3.8) is 0 Å². The van der Waals surface area contributed by atoms with Gasteiger partial charge in [-0.3, -0.25) is 4.99 Å². The zero-order chi connectivity index (χ0) is 14.7. The Morgan fingerprint density at radius 2 is 1.76 bits per heavy atom. The maximum Gasteiger partial charge on any atom is 0.119 e. The molecule has 0 aromatic heterocycles. The Morgan fingerprint density at radius 3 is 2.52 bits per heavy atom. The number of allylic oxidation sites excluding steroid dienone is 1. The Balaban J connectivity index is 1.87. The fourth-order valence-corrected chi connectivity index (χ4v) is 2.61. The second-order valence-electron chi connectivity index (χ2n) is 5.46. The standard InChI is InChI=1S/C18H19N3/c19-17-18(20,10-5-11-21-17)13-14-6-4-9-16(12-14)15-7-2-1-3-8-15/h1-12,17H,13,19-20H2. The van der Waals surface area contributed by atoms with E-state index >= 15 is 0 Å². The summed E-state index contributed by atoms with van der Waals surface area (Å²) < 4.78 is 0. The van der Waals surface area contributed by atoms with E-state index in [0.717, 1.165) is 5.56 Å². The van der Waals surface area contributed by atoms with Crippen LogP contribution in [0.3, 0.4) is 0 Å². The van der Waals surface area contributed by atoms with E-state index in [2.05, 4.69) is 41.4 Å². The van der Waals surface area contributed by atoms with Crippen LogP contribution in [0.25, 0.3) is 11.1 Å². The van der Waals surface area contributed by atoms with Crippen LogP contribution >= 0.6 is 0 Å². The molecule has 2 aromatic rings. The lowest BCUT2D eigenvalue weighted by Crippen LogP contribution is -2.55. The Bertz CT molecular complexity index is 676. The Hall–Kier alpha value is -2.23. The van der Waals surface area contributed by atoms with Crippen LogP contribution in [0.4, 0.5) is 0 Å². The minimum atomic E-state index is -0.621. The van der Waals surface area contributed by atoms with E-state index in [0.29, 0.717) is 6.42 Å². The first-order valence-corrected chi connectivity index (χ1v) is 7.07. The molecule has 3 rings (SSSR count). The van der Waals surface area contributed by atoms with E-state index in [4.69, 9.17) is 11.5 Å². The summed E-state index contributed by atoms with van der Waals surface area (Å²) in [4.78, 5) is 4.20. The third-order valence-electron chi connectivity index (χ3n) is 3.83. The van der Waals surface area contributed by atoms with Crippen molar-refractivity contribution in [2.24, 2.45) is 16.5 Å². The Labute approximate surface area is 125 Å². The molecule has 0 amide bonds. The monoisotopic (exact) mass is 277 g/mol. The predicted molar refractivity (Wildman–Crippen MR) is 88.1 cm³/mol. The van der Waals surface area contributed by atoms with Crippen LogP contribution in [-0.4, -0.2) is 17.9 Å². The molecule has 3 heteroatoms. The third kappa shape index (κ3) is 2.94. The van der Waals surface area contributed by atoms with Crippen molar-refractivity contribution in [2.45, 2.75) is 18.1 Å². The molecule has 4 N–H and O–H groups in total. The average Bonchev–Trinajstić information content (AvgIpc) is 2.52. The lowest BCUT2D eigenvalue weighted by molar-refractivity contribution is 0.426. The van der Waals surface area contributed by atoms with Crippen molar-refractivity contribution >= 4 is 6.21 Å². The van der Waals surface area contributed by atoms with Gasteiger partial charge in [0.25, 0.3) is 0 Å². The number of hydrogen-bond donors (Lipinski definition) is 2. The molecule has 106 valence electrons. The predicted octanol–water partition coefficient (Wildman–Crippen LogP) is 2.52. The van der Waals surface area contributed by atoms with Crippen LogP contribution in [0.15, 0.2) is 71.7 Å². The normalized spacial score (nSPS) is 24.2. The highest BCUT2D eigenvalue weighted by Crippen LogP contribution is 2.24. The molecule has 0 saturated heterocycles. The Morgan fingerprint density at radius 1 is 1.00 bits per heavy atom. The molecule has 3 nitrogen and oxygen atoms in total. The van der Waals surface area contributed by atoms with E-state index in [1.807, 2.05) is 30.4 Å². The van der Waals surface area contributed by atoms with Gasteiger partial charge in [0.2, 0.25) is 0 Å². The number of hydrogen-bond acceptors (Lipinski definition) is 3. The first-order valence-electron chi connectivity index (χ1n) is 7.07. The van der Waals surface area contributed by atoms with Crippen LogP contribution in [0, 0.1) is 0 Å². The average molecular weight is 277 g/mol. The molecule has 2 aromatic carbocycles. The van der Waals surface area contributed by atoms with E-state index in [-0.39, 0.29) is 0 Å². The number of nitrogens with zero attached hydrogens (tertiary/aromatic N) is 1. The van der Waals surface area contributed by atoms with Crippen molar-refractivity contribution in [1.82, 2.24) is 0 Å². The summed E-state index contributed by atoms with van der Waals surface area (Å²) in [6.07, 6.45) is 5.78. The van der Waals surface area contributed by atoms with Gasteiger partial charge >= 0.3 is 0 Å². The summed E-state index contributed by atoms with van der Waals surface area (Å²) in [5.74, 6) is 0. The van der Waals surface area contributed by atoms with Gasteiger partial charge in [0.05, 0.1) is 5.54 Å². The van der Waals surface area contributed by atoms with Gasteiger partial charge in [-0.25, -0.2) is 0 Å². The maximum absolute atomic E-state index is 6.40. The highest BCUT2D eigenvalue weighted by atomic mass is 15.0. The minimum absolute atomic E-state index is 0.400. The zero-order valence-electron chi connectivity index (χ0n) is 11.8. The topological polar surface area (TPSA) is 64.4 Å². The lowest BCUT2D eigenvalue weighted by atomic mass is 9.86. The lowest BCUT2D eigenvalue weighted by Gasteiger charge is -2.31. The summed E-state index contributed by atoms with van der Waals surface area (Å²) in [5.41, 5.74) is 15.4. The number of aliphatic imine (C=N–C) groups is 1. The van der Waals surface area contributed by atoms with Gasteiger partial charge in [0, 0.05) is 6.21 Å². The molecule has 1 aliphatic rings. The highest BCUT2D eigenvalue weighted by Gasteiger charge is 2.31. The van der Waals surface area contributed by atoms with Crippen molar-refractivity contribution in [1.29, 1.82) is 0 Å².